The lowest BCUT2D eigenvalue weighted by molar-refractivity contribution is -0.128. The number of para-hydroxylation sites is 1. The Hall–Kier alpha value is -2.40. The van der Waals surface area contributed by atoms with Gasteiger partial charge < -0.3 is 10.6 Å². The van der Waals surface area contributed by atoms with Crippen molar-refractivity contribution in [2.45, 2.75) is 32.2 Å². The number of carbonyl (C=O) groups is 2. The Balaban J connectivity index is 1.47. The quantitative estimate of drug-likeness (QED) is 0.790. The molecule has 0 saturated heterocycles. The van der Waals surface area contributed by atoms with Gasteiger partial charge in [0.1, 0.15) is 5.82 Å². The molecule has 1 aliphatic carbocycles. The highest BCUT2D eigenvalue weighted by atomic mass is 35.5. The van der Waals surface area contributed by atoms with E-state index in [0.29, 0.717) is 37.3 Å². The molecular formula is C21H22ClFN2O2. The molecule has 0 bridgehead atoms. The van der Waals surface area contributed by atoms with Gasteiger partial charge in [-0.2, -0.15) is 0 Å². The molecule has 2 aromatic rings. The maximum absolute atomic E-state index is 13.7. The van der Waals surface area contributed by atoms with Crippen molar-refractivity contribution in [3.63, 3.8) is 0 Å². The van der Waals surface area contributed by atoms with Crippen LogP contribution in [-0.4, -0.2) is 11.8 Å². The zero-order valence-electron chi connectivity index (χ0n) is 14.9. The van der Waals surface area contributed by atoms with E-state index in [1.807, 2.05) is 18.2 Å². The van der Waals surface area contributed by atoms with E-state index in [1.165, 1.54) is 6.07 Å². The minimum atomic E-state index is -0.446. The van der Waals surface area contributed by atoms with Gasteiger partial charge in [0, 0.05) is 23.4 Å². The van der Waals surface area contributed by atoms with Gasteiger partial charge in [-0.15, -0.1) is 0 Å². The van der Waals surface area contributed by atoms with Gasteiger partial charge in [-0.05, 0) is 49.4 Å². The van der Waals surface area contributed by atoms with Crippen molar-refractivity contribution in [3.05, 3.63) is 64.9 Å². The van der Waals surface area contributed by atoms with Gasteiger partial charge in [0.05, 0.1) is 5.69 Å². The normalized spacial score (nSPS) is 19.3. The molecular weight excluding hydrogens is 367 g/mol. The van der Waals surface area contributed by atoms with E-state index < -0.39 is 5.82 Å². The summed E-state index contributed by atoms with van der Waals surface area (Å²) in [5.74, 6) is -0.946. The number of anilines is 1. The fourth-order valence-corrected chi connectivity index (χ4v) is 3.59. The second kappa shape index (κ2) is 9.00. The second-order valence-corrected chi connectivity index (χ2v) is 7.23. The molecule has 0 spiro atoms. The lowest BCUT2D eigenvalue weighted by atomic mass is 9.81. The van der Waals surface area contributed by atoms with Gasteiger partial charge in [-0.1, -0.05) is 41.9 Å². The SMILES string of the molecule is O=C(NCc1ccccc1Cl)C1CCC(C(=O)Nc2ccccc2F)CC1. The lowest BCUT2D eigenvalue weighted by Gasteiger charge is -2.27. The van der Waals surface area contributed by atoms with E-state index >= 15 is 0 Å². The van der Waals surface area contributed by atoms with Crippen LogP contribution in [0.5, 0.6) is 0 Å². The van der Waals surface area contributed by atoms with Crippen LogP contribution < -0.4 is 10.6 Å². The fraction of sp³-hybridized carbons (Fsp3) is 0.333. The molecule has 6 heteroatoms. The lowest BCUT2D eigenvalue weighted by Crippen LogP contribution is -2.35. The predicted octanol–water partition coefficient (Wildman–Crippen LogP) is 4.54. The second-order valence-electron chi connectivity index (χ2n) is 6.83. The molecule has 2 amide bonds. The van der Waals surface area contributed by atoms with Gasteiger partial charge in [0.2, 0.25) is 11.8 Å². The van der Waals surface area contributed by atoms with Crippen LogP contribution in [0.4, 0.5) is 10.1 Å². The first-order chi connectivity index (χ1) is 13.0. The van der Waals surface area contributed by atoms with Crippen molar-refractivity contribution in [2.24, 2.45) is 11.8 Å². The Morgan fingerprint density at radius 2 is 1.52 bits per heavy atom. The van der Waals surface area contributed by atoms with E-state index in [9.17, 15) is 14.0 Å². The number of hydrogen-bond acceptors (Lipinski definition) is 2. The minimum absolute atomic E-state index is 0.0112. The van der Waals surface area contributed by atoms with E-state index in [1.54, 1.807) is 24.3 Å². The molecule has 142 valence electrons. The van der Waals surface area contributed by atoms with E-state index in [-0.39, 0.29) is 29.3 Å². The van der Waals surface area contributed by atoms with E-state index in [2.05, 4.69) is 10.6 Å². The number of hydrogen-bond donors (Lipinski definition) is 2. The van der Waals surface area contributed by atoms with Gasteiger partial charge >= 0.3 is 0 Å². The minimum Gasteiger partial charge on any atom is -0.352 e. The highest BCUT2D eigenvalue weighted by Crippen LogP contribution is 2.30. The van der Waals surface area contributed by atoms with Crippen molar-refractivity contribution in [2.75, 3.05) is 5.32 Å². The van der Waals surface area contributed by atoms with Crippen molar-refractivity contribution in [3.8, 4) is 0 Å². The summed E-state index contributed by atoms with van der Waals surface area (Å²) in [7, 11) is 0. The zero-order chi connectivity index (χ0) is 19.2. The van der Waals surface area contributed by atoms with Crippen LogP contribution >= 0.6 is 11.6 Å². The Morgan fingerprint density at radius 3 is 2.19 bits per heavy atom. The molecule has 2 N–H and O–H groups in total. The summed E-state index contributed by atoms with van der Waals surface area (Å²) >= 11 is 6.10. The first-order valence-electron chi connectivity index (χ1n) is 9.11. The van der Waals surface area contributed by atoms with Gasteiger partial charge in [0.25, 0.3) is 0 Å². The molecule has 0 aromatic heterocycles. The summed E-state index contributed by atoms with van der Waals surface area (Å²) in [6, 6.07) is 13.5. The van der Waals surface area contributed by atoms with E-state index in [0.717, 1.165) is 5.56 Å². The summed E-state index contributed by atoms with van der Waals surface area (Å²) in [5, 5.41) is 6.21. The van der Waals surface area contributed by atoms with Gasteiger partial charge in [-0.3, -0.25) is 9.59 Å². The van der Waals surface area contributed by atoms with Crippen LogP contribution in [0.3, 0.4) is 0 Å². The summed E-state index contributed by atoms with van der Waals surface area (Å²) < 4.78 is 13.7. The molecule has 4 nitrogen and oxygen atoms in total. The third-order valence-corrected chi connectivity index (χ3v) is 5.38. The number of rotatable bonds is 5. The third kappa shape index (κ3) is 5.07. The molecule has 1 fully saturated rings. The summed E-state index contributed by atoms with van der Waals surface area (Å²) in [4.78, 5) is 24.7. The monoisotopic (exact) mass is 388 g/mol. The van der Waals surface area contributed by atoms with Crippen molar-refractivity contribution >= 4 is 29.1 Å². The van der Waals surface area contributed by atoms with Crippen molar-refractivity contribution < 1.29 is 14.0 Å². The summed E-state index contributed by atoms with van der Waals surface area (Å²) in [6.07, 6.45) is 2.52. The molecule has 0 atom stereocenters. The Morgan fingerprint density at radius 1 is 0.926 bits per heavy atom. The highest BCUT2D eigenvalue weighted by molar-refractivity contribution is 6.31. The van der Waals surface area contributed by atoms with Crippen LogP contribution in [0, 0.1) is 17.7 Å². The average Bonchev–Trinajstić information content (AvgIpc) is 2.69. The number of carbonyl (C=O) groups excluding carboxylic acids is 2. The maximum Gasteiger partial charge on any atom is 0.227 e. The zero-order valence-corrected chi connectivity index (χ0v) is 15.6. The van der Waals surface area contributed by atoms with E-state index in [4.69, 9.17) is 11.6 Å². The van der Waals surface area contributed by atoms with Crippen LogP contribution in [-0.2, 0) is 16.1 Å². The molecule has 2 aromatic carbocycles. The fourth-order valence-electron chi connectivity index (χ4n) is 3.38. The predicted molar refractivity (Wildman–Crippen MR) is 104 cm³/mol. The van der Waals surface area contributed by atoms with Crippen LogP contribution in [0.1, 0.15) is 31.2 Å². The Kier molecular flexibility index (Phi) is 6.45. The molecule has 3 rings (SSSR count). The summed E-state index contributed by atoms with van der Waals surface area (Å²) in [6.45, 7) is 0.395. The molecule has 27 heavy (non-hydrogen) atoms. The smallest absolute Gasteiger partial charge is 0.227 e. The molecule has 1 aliphatic rings. The maximum atomic E-state index is 13.7. The largest absolute Gasteiger partial charge is 0.352 e. The molecule has 0 radical (unpaired) electrons. The van der Waals surface area contributed by atoms with Crippen molar-refractivity contribution in [1.82, 2.24) is 5.32 Å². The van der Waals surface area contributed by atoms with Crippen molar-refractivity contribution in [1.29, 1.82) is 0 Å². The first kappa shape index (κ1) is 19.4. The average molecular weight is 389 g/mol. The number of nitrogens with one attached hydrogen (secondary N) is 2. The molecule has 1 saturated carbocycles. The van der Waals surface area contributed by atoms with Gasteiger partial charge in [0.15, 0.2) is 0 Å². The Bertz CT molecular complexity index is 819. The van der Waals surface area contributed by atoms with Crippen LogP contribution in [0.15, 0.2) is 48.5 Å². The highest BCUT2D eigenvalue weighted by Gasteiger charge is 2.30. The molecule has 0 unspecified atom stereocenters. The Labute approximate surface area is 163 Å². The molecule has 0 aliphatic heterocycles. The van der Waals surface area contributed by atoms with Crippen LogP contribution in [0.2, 0.25) is 5.02 Å². The topological polar surface area (TPSA) is 58.2 Å². The van der Waals surface area contributed by atoms with Gasteiger partial charge in [-0.25, -0.2) is 4.39 Å². The summed E-state index contributed by atoms with van der Waals surface area (Å²) in [5.41, 5.74) is 1.08. The first-order valence-corrected chi connectivity index (χ1v) is 9.49. The number of benzene rings is 2. The standard InChI is InChI=1S/C21H22ClFN2O2/c22-17-6-2-1-5-16(17)13-24-20(26)14-9-11-15(12-10-14)21(27)25-19-8-4-3-7-18(19)23/h1-8,14-15H,9-13H2,(H,24,26)(H,25,27). The number of halogens is 2. The number of amides is 2. The third-order valence-electron chi connectivity index (χ3n) is 5.01. The molecule has 0 heterocycles. The van der Waals surface area contributed by atoms with Crippen LogP contribution in [0.25, 0.3) is 0 Å².